The van der Waals surface area contributed by atoms with Crippen LogP contribution in [0.25, 0.3) is 0 Å². The highest BCUT2D eigenvalue weighted by molar-refractivity contribution is 5.95. The van der Waals surface area contributed by atoms with E-state index in [-0.39, 0.29) is 12.1 Å². The van der Waals surface area contributed by atoms with Gasteiger partial charge in [-0.1, -0.05) is 12.1 Å². The Hall–Kier alpha value is -2.70. The summed E-state index contributed by atoms with van der Waals surface area (Å²) in [7, 11) is 2.46. The van der Waals surface area contributed by atoms with Gasteiger partial charge in [0.05, 0.1) is 14.2 Å². The van der Waals surface area contributed by atoms with Gasteiger partial charge in [-0.05, 0) is 18.6 Å². The second-order valence-electron chi connectivity index (χ2n) is 3.93. The number of nitrogens with zero attached hydrogens (tertiary/aromatic N) is 1. The Morgan fingerprint density at radius 3 is 2.62 bits per heavy atom. The number of rotatable bonds is 6. The largest absolute Gasteiger partial charge is 0.467 e. The number of pyridine rings is 1. The van der Waals surface area contributed by atoms with Crippen LogP contribution >= 0.6 is 0 Å². The number of methoxy groups -OCH3 is 2. The van der Waals surface area contributed by atoms with E-state index >= 15 is 0 Å². The van der Waals surface area contributed by atoms with Crippen LogP contribution in [0.3, 0.4) is 0 Å². The molecule has 1 atom stereocenters. The summed E-state index contributed by atoms with van der Waals surface area (Å²) in [6.07, 6.45) is 4.16. The van der Waals surface area contributed by atoms with Gasteiger partial charge < -0.3 is 14.8 Å². The molecule has 1 aromatic rings. The molecule has 0 aromatic carbocycles. The second kappa shape index (κ2) is 8.47. The predicted octanol–water partition coefficient (Wildman–Crippen LogP) is 0.472. The van der Waals surface area contributed by atoms with Crippen LogP contribution in [-0.4, -0.2) is 43.1 Å². The lowest BCUT2D eigenvalue weighted by Crippen LogP contribution is -2.41. The van der Waals surface area contributed by atoms with Gasteiger partial charge in [0.1, 0.15) is 11.7 Å². The lowest BCUT2D eigenvalue weighted by molar-refractivity contribution is -0.143. The minimum atomic E-state index is -0.912. The third-order valence-corrected chi connectivity index (χ3v) is 2.52. The average molecular weight is 292 g/mol. The summed E-state index contributed by atoms with van der Waals surface area (Å²) in [6.45, 7) is 0. The van der Waals surface area contributed by atoms with E-state index in [2.05, 4.69) is 19.8 Å². The van der Waals surface area contributed by atoms with Crippen LogP contribution in [0.15, 0.2) is 36.5 Å². The van der Waals surface area contributed by atoms with E-state index in [0.29, 0.717) is 0 Å². The molecule has 1 aromatic heterocycles. The van der Waals surface area contributed by atoms with Gasteiger partial charge in [-0.15, -0.1) is 0 Å². The Morgan fingerprint density at radius 1 is 1.29 bits per heavy atom. The molecule has 0 aliphatic carbocycles. The van der Waals surface area contributed by atoms with Crippen molar-refractivity contribution in [3.8, 4) is 0 Å². The lowest BCUT2D eigenvalue weighted by atomic mass is 10.2. The Balaban J connectivity index is 2.70. The number of aromatic nitrogens is 1. The number of carbonyl (C=O) groups excluding carboxylic acids is 3. The van der Waals surface area contributed by atoms with Gasteiger partial charge in [0.15, 0.2) is 0 Å². The summed E-state index contributed by atoms with van der Waals surface area (Å²) in [4.78, 5) is 38.4. The first-order valence-corrected chi connectivity index (χ1v) is 6.12. The van der Waals surface area contributed by atoms with Gasteiger partial charge in [0, 0.05) is 12.3 Å². The van der Waals surface area contributed by atoms with E-state index in [1.165, 1.54) is 38.6 Å². The first-order chi connectivity index (χ1) is 10.1. The van der Waals surface area contributed by atoms with Crippen molar-refractivity contribution < 1.29 is 23.9 Å². The first kappa shape index (κ1) is 16.4. The Kier molecular flexibility index (Phi) is 6.59. The van der Waals surface area contributed by atoms with E-state index in [0.717, 1.165) is 0 Å². The molecule has 0 saturated heterocycles. The maximum absolute atomic E-state index is 11.9. The molecule has 0 bridgehead atoms. The highest BCUT2D eigenvalue weighted by Crippen LogP contribution is 2.01. The summed E-state index contributed by atoms with van der Waals surface area (Å²) < 4.78 is 9.04. The first-order valence-electron chi connectivity index (χ1n) is 6.12. The number of hydrogen-bond donors (Lipinski definition) is 1. The monoisotopic (exact) mass is 292 g/mol. The molecule has 0 unspecified atom stereocenters. The fraction of sp³-hybridized carbons (Fsp3) is 0.286. The molecule has 1 heterocycles. The number of amides is 1. The van der Waals surface area contributed by atoms with Gasteiger partial charge in [-0.2, -0.15) is 0 Å². The summed E-state index contributed by atoms with van der Waals surface area (Å²) in [6, 6.07) is 3.94. The third-order valence-electron chi connectivity index (χ3n) is 2.52. The van der Waals surface area contributed by atoms with Crippen molar-refractivity contribution in [2.24, 2.45) is 0 Å². The van der Waals surface area contributed by atoms with Crippen LogP contribution < -0.4 is 5.32 Å². The molecule has 1 N–H and O–H groups in total. The molecule has 0 saturated carbocycles. The van der Waals surface area contributed by atoms with E-state index in [4.69, 9.17) is 0 Å². The van der Waals surface area contributed by atoms with Crippen LogP contribution in [0.4, 0.5) is 0 Å². The molecule has 0 spiro atoms. The number of hydrogen-bond acceptors (Lipinski definition) is 6. The molecular formula is C14H16N2O5. The van der Waals surface area contributed by atoms with Gasteiger partial charge in [0.2, 0.25) is 0 Å². The van der Waals surface area contributed by atoms with E-state index in [9.17, 15) is 14.4 Å². The van der Waals surface area contributed by atoms with Gasteiger partial charge in [0.25, 0.3) is 5.91 Å². The SMILES string of the molecule is COC(=O)/C=C/C[C@@H](NC(=O)c1ccccn1)C(=O)OC. The van der Waals surface area contributed by atoms with Crippen molar-refractivity contribution in [1.82, 2.24) is 10.3 Å². The smallest absolute Gasteiger partial charge is 0.330 e. The van der Waals surface area contributed by atoms with Crippen LogP contribution in [0, 0.1) is 0 Å². The Bertz CT molecular complexity index is 527. The number of nitrogens with one attached hydrogen (secondary N) is 1. The van der Waals surface area contributed by atoms with Crippen molar-refractivity contribution >= 4 is 17.8 Å². The summed E-state index contributed by atoms with van der Waals surface area (Å²) in [5.41, 5.74) is 0.184. The highest BCUT2D eigenvalue weighted by Gasteiger charge is 2.21. The quantitative estimate of drug-likeness (QED) is 0.605. The molecule has 0 radical (unpaired) electrons. The number of carbonyl (C=O) groups is 3. The van der Waals surface area contributed by atoms with Crippen LogP contribution in [0.5, 0.6) is 0 Å². The predicted molar refractivity (Wildman–Crippen MR) is 73.3 cm³/mol. The zero-order valence-electron chi connectivity index (χ0n) is 11.7. The van der Waals surface area contributed by atoms with Crippen LogP contribution in [-0.2, 0) is 19.1 Å². The normalized spacial score (nSPS) is 11.7. The van der Waals surface area contributed by atoms with E-state index in [1.807, 2.05) is 0 Å². The minimum absolute atomic E-state index is 0.0976. The molecule has 1 amide bonds. The van der Waals surface area contributed by atoms with Gasteiger partial charge in [-0.25, -0.2) is 9.59 Å². The van der Waals surface area contributed by atoms with Crippen LogP contribution in [0.1, 0.15) is 16.9 Å². The van der Waals surface area contributed by atoms with Crippen LogP contribution in [0.2, 0.25) is 0 Å². The summed E-state index contributed by atoms with van der Waals surface area (Å²) in [5.74, 6) is -1.67. The molecule has 7 heteroatoms. The topological polar surface area (TPSA) is 94.6 Å². The average Bonchev–Trinajstić information content (AvgIpc) is 2.53. The fourth-order valence-corrected chi connectivity index (χ4v) is 1.45. The number of ether oxygens (including phenoxy) is 2. The standard InChI is InChI=1S/C14H16N2O5/c1-20-12(17)8-5-7-11(14(19)21-2)16-13(18)10-6-3-4-9-15-10/h3-6,8-9,11H,7H2,1-2H3,(H,16,18)/b8-5+/t11-/m1/s1. The molecule has 112 valence electrons. The molecule has 1 rings (SSSR count). The maximum Gasteiger partial charge on any atom is 0.330 e. The molecule has 0 aliphatic heterocycles. The molecule has 7 nitrogen and oxygen atoms in total. The molecular weight excluding hydrogens is 276 g/mol. The maximum atomic E-state index is 11.9. The van der Waals surface area contributed by atoms with E-state index < -0.39 is 23.9 Å². The zero-order valence-corrected chi connectivity index (χ0v) is 11.7. The molecule has 0 aliphatic rings. The van der Waals surface area contributed by atoms with E-state index in [1.54, 1.807) is 12.1 Å². The van der Waals surface area contributed by atoms with Gasteiger partial charge in [-0.3, -0.25) is 9.78 Å². The van der Waals surface area contributed by atoms with Crippen molar-refractivity contribution in [1.29, 1.82) is 0 Å². The molecule has 21 heavy (non-hydrogen) atoms. The second-order valence-corrected chi connectivity index (χ2v) is 3.93. The highest BCUT2D eigenvalue weighted by atomic mass is 16.5. The van der Waals surface area contributed by atoms with Crippen molar-refractivity contribution in [3.63, 3.8) is 0 Å². The number of esters is 2. The summed E-state index contributed by atoms with van der Waals surface area (Å²) in [5, 5.41) is 2.50. The third kappa shape index (κ3) is 5.43. The minimum Gasteiger partial charge on any atom is -0.467 e. The lowest BCUT2D eigenvalue weighted by Gasteiger charge is -2.14. The Labute approximate surface area is 122 Å². The van der Waals surface area contributed by atoms with Crippen molar-refractivity contribution in [2.45, 2.75) is 12.5 Å². The fourth-order valence-electron chi connectivity index (χ4n) is 1.45. The summed E-state index contributed by atoms with van der Waals surface area (Å²) >= 11 is 0. The Morgan fingerprint density at radius 2 is 2.05 bits per heavy atom. The van der Waals surface area contributed by atoms with Crippen molar-refractivity contribution in [3.05, 3.63) is 42.2 Å². The van der Waals surface area contributed by atoms with Gasteiger partial charge >= 0.3 is 11.9 Å². The zero-order chi connectivity index (χ0) is 15.7. The molecule has 0 fully saturated rings. The van der Waals surface area contributed by atoms with Crippen molar-refractivity contribution in [2.75, 3.05) is 14.2 Å².